The number of sulfone groups is 1. The first-order chi connectivity index (χ1) is 11.9. The maximum atomic E-state index is 13.3. The molecule has 1 heterocycles. The maximum Gasteiger partial charge on any atom is 0.265 e. The number of benzene rings is 1. The summed E-state index contributed by atoms with van der Waals surface area (Å²) in [7, 11) is -3.92. The maximum absolute atomic E-state index is 13.3. The van der Waals surface area contributed by atoms with Gasteiger partial charge in [-0.3, -0.25) is 10.0 Å². The molecule has 0 aliphatic heterocycles. The third kappa shape index (κ3) is 3.07. The molecule has 0 radical (unpaired) electrons. The van der Waals surface area contributed by atoms with Gasteiger partial charge in [-0.15, -0.1) is 11.3 Å². The lowest BCUT2D eigenvalue weighted by Gasteiger charge is -2.34. The number of fused-ring (bicyclic) bond motifs is 1. The van der Waals surface area contributed by atoms with Gasteiger partial charge in [-0.1, -0.05) is 26.2 Å². The zero-order valence-corrected chi connectivity index (χ0v) is 15.8. The lowest BCUT2D eigenvalue weighted by molar-refractivity contribution is -0.132. The lowest BCUT2D eigenvalue weighted by Crippen LogP contribution is -2.52. The van der Waals surface area contributed by atoms with Gasteiger partial charge in [0.2, 0.25) is 0 Å². The summed E-state index contributed by atoms with van der Waals surface area (Å²) in [4.78, 5) is 16.9. The lowest BCUT2D eigenvalue weighted by atomic mass is 9.88. The number of aryl methyl sites for hydroxylation is 1. The number of nitrogens with one attached hydrogen (secondary N) is 1. The normalized spacial score (nSPS) is 17.5. The molecule has 0 unspecified atom stereocenters. The van der Waals surface area contributed by atoms with Gasteiger partial charge in [0.05, 0.1) is 20.1 Å². The summed E-state index contributed by atoms with van der Waals surface area (Å²) in [6.45, 7) is 2.07. The second-order valence-corrected chi connectivity index (χ2v) is 9.86. The predicted octanol–water partition coefficient (Wildman–Crippen LogP) is 3.23. The standard InChI is InChI=1S/C17H22N2O4S2/c1-2-6-15-18-13-8-7-12(11-14(13)24-15)25(22,23)17(16(20)19-21)9-4-3-5-10-17/h7-8,11,21H,2-6,9-10H2,1H3,(H,19,20). The van der Waals surface area contributed by atoms with E-state index in [1.54, 1.807) is 17.6 Å². The Morgan fingerprint density at radius 1 is 1.32 bits per heavy atom. The van der Waals surface area contributed by atoms with Gasteiger partial charge in [0.15, 0.2) is 14.6 Å². The molecule has 0 atom stereocenters. The molecule has 2 aromatic rings. The van der Waals surface area contributed by atoms with Gasteiger partial charge in [-0.05, 0) is 43.9 Å². The number of hydrogen-bond acceptors (Lipinski definition) is 6. The van der Waals surface area contributed by atoms with Gasteiger partial charge in [0.25, 0.3) is 5.91 Å². The van der Waals surface area contributed by atoms with Crippen molar-refractivity contribution in [3.05, 3.63) is 23.2 Å². The Balaban J connectivity index is 2.08. The average molecular weight is 383 g/mol. The van der Waals surface area contributed by atoms with Crippen LogP contribution < -0.4 is 5.48 Å². The van der Waals surface area contributed by atoms with Crippen molar-refractivity contribution in [3.63, 3.8) is 0 Å². The van der Waals surface area contributed by atoms with E-state index < -0.39 is 20.5 Å². The van der Waals surface area contributed by atoms with Gasteiger partial charge >= 0.3 is 0 Å². The molecule has 0 bridgehead atoms. The smallest absolute Gasteiger partial charge is 0.265 e. The van der Waals surface area contributed by atoms with E-state index in [2.05, 4.69) is 11.9 Å². The van der Waals surface area contributed by atoms with E-state index in [0.717, 1.165) is 34.5 Å². The van der Waals surface area contributed by atoms with Crippen molar-refractivity contribution < 1.29 is 18.4 Å². The summed E-state index contributed by atoms with van der Waals surface area (Å²) < 4.78 is 25.8. The van der Waals surface area contributed by atoms with Crippen molar-refractivity contribution in [3.8, 4) is 0 Å². The van der Waals surface area contributed by atoms with E-state index in [1.165, 1.54) is 17.4 Å². The first kappa shape index (κ1) is 18.3. The average Bonchev–Trinajstić information content (AvgIpc) is 3.03. The minimum atomic E-state index is -3.92. The predicted molar refractivity (Wildman–Crippen MR) is 96.5 cm³/mol. The second-order valence-electron chi connectivity index (χ2n) is 6.49. The zero-order valence-electron chi connectivity index (χ0n) is 14.1. The summed E-state index contributed by atoms with van der Waals surface area (Å²) in [5, 5.41) is 10.1. The van der Waals surface area contributed by atoms with E-state index >= 15 is 0 Å². The van der Waals surface area contributed by atoms with Crippen LogP contribution in [-0.2, 0) is 21.1 Å². The van der Waals surface area contributed by atoms with Crippen LogP contribution in [0.5, 0.6) is 0 Å². The molecule has 1 aliphatic rings. The minimum Gasteiger partial charge on any atom is -0.289 e. The van der Waals surface area contributed by atoms with Crippen molar-refractivity contribution in [2.24, 2.45) is 0 Å². The van der Waals surface area contributed by atoms with Crippen LogP contribution in [0.2, 0.25) is 0 Å². The molecule has 2 N–H and O–H groups in total. The molecule has 6 nitrogen and oxygen atoms in total. The highest BCUT2D eigenvalue weighted by Crippen LogP contribution is 2.40. The zero-order chi connectivity index (χ0) is 18.1. The fourth-order valence-corrected chi connectivity index (χ4v) is 6.78. The van der Waals surface area contributed by atoms with Crippen molar-refractivity contribution in [2.45, 2.75) is 61.5 Å². The summed E-state index contributed by atoms with van der Waals surface area (Å²) in [5.74, 6) is -0.830. The Morgan fingerprint density at radius 3 is 2.68 bits per heavy atom. The second kappa shape index (κ2) is 7.01. The van der Waals surface area contributed by atoms with Crippen molar-refractivity contribution in [2.75, 3.05) is 0 Å². The van der Waals surface area contributed by atoms with E-state index in [9.17, 15) is 13.2 Å². The Hall–Kier alpha value is -1.51. The van der Waals surface area contributed by atoms with E-state index in [0.29, 0.717) is 12.8 Å². The third-order valence-corrected chi connectivity index (χ3v) is 8.44. The number of rotatable bonds is 5. The number of thiazole rings is 1. The Labute approximate surface area is 151 Å². The number of hydrogen-bond donors (Lipinski definition) is 2. The molecule has 0 spiro atoms. The van der Waals surface area contributed by atoms with Crippen LogP contribution in [0.4, 0.5) is 0 Å². The molecule has 136 valence electrons. The quantitative estimate of drug-likeness (QED) is 0.611. The van der Waals surface area contributed by atoms with E-state index in [4.69, 9.17) is 5.21 Å². The van der Waals surface area contributed by atoms with Gasteiger partial charge in [-0.25, -0.2) is 18.9 Å². The molecule has 1 aromatic carbocycles. The summed E-state index contributed by atoms with van der Waals surface area (Å²) in [6, 6.07) is 4.84. The topological polar surface area (TPSA) is 96.4 Å². The fourth-order valence-electron chi connectivity index (χ4n) is 3.51. The largest absolute Gasteiger partial charge is 0.289 e. The van der Waals surface area contributed by atoms with Gasteiger partial charge in [0, 0.05) is 0 Å². The van der Waals surface area contributed by atoms with Crippen molar-refractivity contribution >= 4 is 37.3 Å². The first-order valence-corrected chi connectivity index (χ1v) is 10.8. The molecular formula is C17H22N2O4S2. The van der Waals surface area contributed by atoms with Crippen LogP contribution in [0.1, 0.15) is 50.5 Å². The summed E-state index contributed by atoms with van der Waals surface area (Å²) in [6.07, 6.45) is 4.48. The molecule has 1 fully saturated rings. The van der Waals surface area contributed by atoms with Crippen LogP contribution in [-0.4, -0.2) is 29.3 Å². The fraction of sp³-hybridized carbons (Fsp3) is 0.529. The third-order valence-electron chi connectivity index (χ3n) is 4.87. The van der Waals surface area contributed by atoms with Crippen LogP contribution in [0.15, 0.2) is 23.1 Å². The number of carbonyl (C=O) groups excluding carboxylic acids is 1. The number of amides is 1. The van der Waals surface area contributed by atoms with E-state index in [-0.39, 0.29) is 17.7 Å². The van der Waals surface area contributed by atoms with E-state index in [1.807, 2.05) is 0 Å². The number of carbonyl (C=O) groups is 1. The Morgan fingerprint density at radius 2 is 2.04 bits per heavy atom. The molecule has 1 saturated carbocycles. The molecule has 0 saturated heterocycles. The molecular weight excluding hydrogens is 360 g/mol. The van der Waals surface area contributed by atoms with Gasteiger partial charge < -0.3 is 0 Å². The SMILES string of the molecule is CCCc1nc2ccc(S(=O)(=O)C3(C(=O)NO)CCCCC3)cc2s1. The molecule has 3 rings (SSSR count). The Kier molecular flexibility index (Phi) is 5.13. The summed E-state index contributed by atoms with van der Waals surface area (Å²) in [5.41, 5.74) is 2.36. The highest BCUT2D eigenvalue weighted by molar-refractivity contribution is 7.93. The summed E-state index contributed by atoms with van der Waals surface area (Å²) >= 11 is 1.49. The van der Waals surface area contributed by atoms with Crippen LogP contribution in [0, 0.1) is 0 Å². The Bertz CT molecular complexity index is 883. The number of nitrogens with zero attached hydrogens (tertiary/aromatic N) is 1. The van der Waals surface area contributed by atoms with Crippen molar-refractivity contribution in [1.82, 2.24) is 10.5 Å². The highest BCUT2D eigenvalue weighted by Gasteiger charge is 2.51. The molecule has 1 amide bonds. The van der Waals surface area contributed by atoms with Crippen LogP contribution in [0.25, 0.3) is 10.2 Å². The highest BCUT2D eigenvalue weighted by atomic mass is 32.2. The first-order valence-electron chi connectivity index (χ1n) is 8.53. The van der Waals surface area contributed by atoms with Crippen LogP contribution >= 0.6 is 11.3 Å². The molecule has 25 heavy (non-hydrogen) atoms. The molecule has 1 aromatic heterocycles. The van der Waals surface area contributed by atoms with Gasteiger partial charge in [0.1, 0.15) is 0 Å². The number of hydroxylamine groups is 1. The van der Waals surface area contributed by atoms with Crippen LogP contribution in [0.3, 0.4) is 0 Å². The monoisotopic (exact) mass is 382 g/mol. The minimum absolute atomic E-state index is 0.122. The molecule has 1 aliphatic carbocycles. The number of aromatic nitrogens is 1. The molecule has 8 heteroatoms. The van der Waals surface area contributed by atoms with Gasteiger partial charge in [-0.2, -0.15) is 0 Å². The van der Waals surface area contributed by atoms with Crippen molar-refractivity contribution in [1.29, 1.82) is 0 Å².